The maximum atomic E-state index is 15.4. The van der Waals surface area contributed by atoms with Gasteiger partial charge in [-0.15, -0.1) is 0 Å². The van der Waals surface area contributed by atoms with Crippen LogP contribution in [0.2, 0.25) is 0 Å². The van der Waals surface area contributed by atoms with E-state index in [-0.39, 0.29) is 33.4 Å². The molecule has 0 atom stereocenters. The van der Waals surface area contributed by atoms with Crippen molar-refractivity contribution in [3.05, 3.63) is 65.4 Å². The first-order chi connectivity index (χ1) is 18.9. The standard InChI is InChI=1S/C25H23F2N5O7S/c1-32-8-7-30-24(32)15-11-14(40(36,37)9-6-20(34)35)3-5-18(15)38-22-16(26)12-31-25(21(22)27)39-19-10-13(23(28)29)2-4-17(19)33/h2-5,10-12,33H,6-9H2,1H3,(H3,28,29)(H,34,35). The second-order valence-corrected chi connectivity index (χ2v) is 10.7. The molecule has 40 heavy (non-hydrogen) atoms. The summed E-state index contributed by atoms with van der Waals surface area (Å²) in [7, 11) is -2.34. The molecule has 0 saturated carbocycles. The number of rotatable bonds is 10. The molecule has 0 unspecified atom stereocenters. The van der Waals surface area contributed by atoms with Gasteiger partial charge >= 0.3 is 5.97 Å². The maximum Gasteiger partial charge on any atom is 0.304 e. The molecule has 4 rings (SSSR count). The lowest BCUT2D eigenvalue weighted by atomic mass is 10.1. The monoisotopic (exact) mass is 575 g/mol. The zero-order valence-electron chi connectivity index (χ0n) is 20.9. The molecule has 0 radical (unpaired) electrons. The molecule has 0 saturated heterocycles. The lowest BCUT2D eigenvalue weighted by molar-refractivity contribution is -0.136. The predicted molar refractivity (Wildman–Crippen MR) is 138 cm³/mol. The van der Waals surface area contributed by atoms with Gasteiger partial charge in [-0.25, -0.2) is 17.8 Å². The fourth-order valence-electron chi connectivity index (χ4n) is 3.70. The van der Waals surface area contributed by atoms with E-state index in [2.05, 4.69) is 9.98 Å². The quantitative estimate of drug-likeness (QED) is 0.207. The minimum absolute atomic E-state index is 0.0984. The van der Waals surface area contributed by atoms with Gasteiger partial charge in [0.15, 0.2) is 27.2 Å². The third-order valence-electron chi connectivity index (χ3n) is 5.78. The number of carboxylic acid groups (broad SMARTS) is 1. The average Bonchev–Trinajstić information content (AvgIpc) is 3.33. The summed E-state index contributed by atoms with van der Waals surface area (Å²) in [5.74, 6) is -7.17. The van der Waals surface area contributed by atoms with Crippen molar-refractivity contribution in [1.82, 2.24) is 9.88 Å². The molecule has 15 heteroatoms. The summed E-state index contributed by atoms with van der Waals surface area (Å²) in [6.45, 7) is 0.865. The van der Waals surface area contributed by atoms with Gasteiger partial charge in [-0.1, -0.05) is 0 Å². The molecule has 2 heterocycles. The molecular weight excluding hydrogens is 552 g/mol. The number of hydrogen-bond acceptors (Lipinski definition) is 10. The second-order valence-electron chi connectivity index (χ2n) is 8.60. The first-order valence-electron chi connectivity index (χ1n) is 11.6. The summed E-state index contributed by atoms with van der Waals surface area (Å²) in [5, 5.41) is 26.5. The van der Waals surface area contributed by atoms with Crippen molar-refractivity contribution >= 4 is 27.5 Å². The molecule has 1 aromatic heterocycles. The van der Waals surface area contributed by atoms with Crippen LogP contribution in [0.3, 0.4) is 0 Å². The van der Waals surface area contributed by atoms with Gasteiger partial charge in [0, 0.05) is 19.2 Å². The van der Waals surface area contributed by atoms with Crippen molar-refractivity contribution in [2.24, 2.45) is 10.7 Å². The molecule has 1 aliphatic rings. The highest BCUT2D eigenvalue weighted by Gasteiger charge is 2.27. The molecule has 3 aromatic rings. The van der Waals surface area contributed by atoms with Gasteiger partial charge < -0.3 is 30.3 Å². The molecule has 12 nitrogen and oxygen atoms in total. The number of pyridine rings is 1. The van der Waals surface area contributed by atoms with Crippen molar-refractivity contribution in [1.29, 1.82) is 5.41 Å². The number of aromatic hydroxyl groups is 1. The number of phenols is 1. The SMILES string of the molecule is CN1CCN=C1c1cc(S(=O)(=O)CCC(=O)O)ccc1Oc1c(F)cnc(Oc2cc(C(=N)N)ccc2O)c1F. The Morgan fingerprint density at radius 3 is 2.58 bits per heavy atom. The number of aliphatic carboxylic acids is 1. The first kappa shape index (κ1) is 28.2. The fourth-order valence-corrected chi connectivity index (χ4v) is 4.96. The van der Waals surface area contributed by atoms with E-state index in [1.807, 2.05) is 0 Å². The third kappa shape index (κ3) is 5.93. The van der Waals surface area contributed by atoms with Crippen molar-refractivity contribution < 1.29 is 41.7 Å². The molecule has 0 bridgehead atoms. The number of sulfone groups is 1. The Balaban J connectivity index is 1.74. The van der Waals surface area contributed by atoms with E-state index < -0.39 is 57.0 Å². The number of nitrogens with zero attached hydrogens (tertiary/aromatic N) is 3. The van der Waals surface area contributed by atoms with Crippen LogP contribution in [0.15, 0.2) is 52.5 Å². The van der Waals surface area contributed by atoms with E-state index in [0.717, 1.165) is 6.07 Å². The highest BCUT2D eigenvalue weighted by Crippen LogP contribution is 2.38. The van der Waals surface area contributed by atoms with E-state index in [4.69, 9.17) is 25.7 Å². The fraction of sp³-hybridized carbons (Fsp3) is 0.200. The van der Waals surface area contributed by atoms with Crippen molar-refractivity contribution in [2.75, 3.05) is 25.9 Å². The van der Waals surface area contributed by atoms with Crippen molar-refractivity contribution in [3.8, 4) is 28.9 Å². The zero-order chi connectivity index (χ0) is 29.2. The smallest absolute Gasteiger partial charge is 0.304 e. The normalized spacial score (nSPS) is 13.2. The van der Waals surface area contributed by atoms with Crippen LogP contribution in [0.25, 0.3) is 0 Å². The van der Waals surface area contributed by atoms with E-state index in [9.17, 15) is 22.7 Å². The average molecular weight is 576 g/mol. The molecule has 210 valence electrons. The number of benzene rings is 2. The summed E-state index contributed by atoms with van der Waals surface area (Å²) >= 11 is 0. The van der Waals surface area contributed by atoms with Gasteiger partial charge in [0.2, 0.25) is 11.6 Å². The number of halogens is 2. The van der Waals surface area contributed by atoms with E-state index in [1.165, 1.54) is 30.3 Å². The Hall–Kier alpha value is -4.79. The minimum atomic E-state index is -4.02. The van der Waals surface area contributed by atoms with Crippen LogP contribution in [-0.2, 0) is 14.6 Å². The molecule has 1 aliphatic heterocycles. The molecular formula is C25H23F2N5O7S. The van der Waals surface area contributed by atoms with Crippen LogP contribution in [-0.4, -0.2) is 72.0 Å². The number of nitrogens with one attached hydrogen (secondary N) is 1. The van der Waals surface area contributed by atoms with Crippen molar-refractivity contribution in [3.63, 3.8) is 0 Å². The number of likely N-dealkylation sites (N-methyl/N-ethyl adjacent to an activating group) is 1. The number of amidine groups is 2. The van der Waals surface area contributed by atoms with Crippen LogP contribution < -0.4 is 15.2 Å². The highest BCUT2D eigenvalue weighted by molar-refractivity contribution is 7.91. The number of carbonyl (C=O) groups is 1. The molecule has 0 aliphatic carbocycles. The van der Waals surface area contributed by atoms with Gasteiger partial charge in [-0.2, -0.15) is 4.39 Å². The highest BCUT2D eigenvalue weighted by atomic mass is 32.2. The number of aromatic nitrogens is 1. The second kappa shape index (κ2) is 11.1. The van der Waals surface area contributed by atoms with Gasteiger partial charge in [-0.3, -0.25) is 15.2 Å². The number of ether oxygens (including phenoxy) is 2. The van der Waals surface area contributed by atoms with E-state index in [0.29, 0.717) is 25.1 Å². The van der Waals surface area contributed by atoms with Crippen LogP contribution >= 0.6 is 0 Å². The van der Waals surface area contributed by atoms with Crippen molar-refractivity contribution in [2.45, 2.75) is 11.3 Å². The molecule has 0 spiro atoms. The maximum absolute atomic E-state index is 15.4. The molecule has 5 N–H and O–H groups in total. The summed E-state index contributed by atoms with van der Waals surface area (Å²) in [5.41, 5.74) is 5.70. The van der Waals surface area contributed by atoms with E-state index in [1.54, 1.807) is 11.9 Å². The Labute approximate surface area is 226 Å². The summed E-state index contributed by atoms with van der Waals surface area (Å²) in [6, 6.07) is 7.18. The number of carboxylic acids is 1. The summed E-state index contributed by atoms with van der Waals surface area (Å²) in [6.07, 6.45) is 0.0150. The number of nitrogen functional groups attached to an aromatic ring is 1. The third-order valence-corrected chi connectivity index (χ3v) is 7.50. The lowest BCUT2D eigenvalue weighted by Crippen LogP contribution is -2.24. The zero-order valence-corrected chi connectivity index (χ0v) is 21.7. The van der Waals surface area contributed by atoms with Crippen LogP contribution in [0.1, 0.15) is 17.5 Å². The summed E-state index contributed by atoms with van der Waals surface area (Å²) < 4.78 is 66.6. The lowest BCUT2D eigenvalue weighted by Gasteiger charge is -2.19. The molecule has 0 fully saturated rings. The largest absolute Gasteiger partial charge is 0.504 e. The number of hydrogen-bond donors (Lipinski definition) is 4. The number of aliphatic imine (C=N–C) groups is 1. The van der Waals surface area contributed by atoms with Gasteiger partial charge in [-0.05, 0) is 36.4 Å². The van der Waals surface area contributed by atoms with Crippen LogP contribution in [0, 0.1) is 17.0 Å². The number of nitrogens with two attached hydrogens (primary N) is 1. The predicted octanol–water partition coefficient (Wildman–Crippen LogP) is 2.87. The topological polar surface area (TPSA) is 188 Å². The van der Waals surface area contributed by atoms with Gasteiger partial charge in [0.25, 0.3) is 5.88 Å². The number of phenolic OH excluding ortho intramolecular Hbond substituents is 1. The van der Waals surface area contributed by atoms with Crippen LogP contribution in [0.4, 0.5) is 8.78 Å². The molecule has 2 aromatic carbocycles. The first-order valence-corrected chi connectivity index (χ1v) is 13.2. The summed E-state index contributed by atoms with van der Waals surface area (Å²) in [4.78, 5) is 20.3. The van der Waals surface area contributed by atoms with Gasteiger partial charge in [0.05, 0.1) is 35.4 Å². The minimum Gasteiger partial charge on any atom is -0.504 e. The Bertz CT molecular complexity index is 1650. The molecule has 0 amide bonds. The van der Waals surface area contributed by atoms with E-state index >= 15 is 4.39 Å². The van der Waals surface area contributed by atoms with Gasteiger partial charge in [0.1, 0.15) is 17.4 Å². The van der Waals surface area contributed by atoms with Crippen LogP contribution in [0.5, 0.6) is 28.9 Å². The Kier molecular flexibility index (Phi) is 7.86. The Morgan fingerprint density at radius 2 is 1.93 bits per heavy atom. The Morgan fingerprint density at radius 1 is 1.18 bits per heavy atom.